The van der Waals surface area contributed by atoms with Crippen molar-refractivity contribution in [1.82, 2.24) is 4.72 Å². The van der Waals surface area contributed by atoms with E-state index in [0.29, 0.717) is 13.2 Å². The first-order chi connectivity index (χ1) is 10.0. The van der Waals surface area contributed by atoms with E-state index in [1.54, 1.807) is 24.3 Å². The Morgan fingerprint density at radius 1 is 1.38 bits per heavy atom. The van der Waals surface area contributed by atoms with Crippen molar-refractivity contribution in [2.45, 2.75) is 24.3 Å². The molecule has 114 valence electrons. The van der Waals surface area contributed by atoms with Gasteiger partial charge in [-0.25, -0.2) is 13.1 Å². The summed E-state index contributed by atoms with van der Waals surface area (Å²) in [6.45, 7) is 3.35. The molecular formula is C15H20N2O3S. The number of ether oxygens (including phenoxy) is 1. The van der Waals surface area contributed by atoms with Crippen molar-refractivity contribution >= 4 is 10.0 Å². The monoisotopic (exact) mass is 308 g/mol. The summed E-state index contributed by atoms with van der Waals surface area (Å²) in [6, 6.07) is 6.46. The van der Waals surface area contributed by atoms with Crippen LogP contribution in [0.3, 0.4) is 0 Å². The van der Waals surface area contributed by atoms with Crippen LogP contribution >= 0.6 is 0 Å². The fourth-order valence-corrected chi connectivity index (χ4v) is 3.31. The van der Waals surface area contributed by atoms with E-state index in [9.17, 15) is 8.42 Å². The molecule has 0 spiro atoms. The van der Waals surface area contributed by atoms with Gasteiger partial charge in [-0.3, -0.25) is 0 Å². The lowest BCUT2D eigenvalue weighted by molar-refractivity contribution is 0.107. The van der Waals surface area contributed by atoms with Gasteiger partial charge in [0.1, 0.15) is 0 Å². The van der Waals surface area contributed by atoms with E-state index in [4.69, 9.17) is 10.5 Å². The molecule has 0 amide bonds. The molecule has 1 heterocycles. The number of nitrogens with one attached hydrogen (secondary N) is 1. The fraction of sp³-hybridized carbons (Fsp3) is 0.467. The predicted octanol–water partition coefficient (Wildman–Crippen LogP) is 0.700. The number of hydrogen-bond acceptors (Lipinski definition) is 4. The van der Waals surface area contributed by atoms with Gasteiger partial charge in [0, 0.05) is 24.6 Å². The lowest BCUT2D eigenvalue weighted by atomic mass is 10.0. The summed E-state index contributed by atoms with van der Waals surface area (Å²) in [5, 5.41) is 0. The van der Waals surface area contributed by atoms with Gasteiger partial charge in [-0.15, -0.1) is 0 Å². The van der Waals surface area contributed by atoms with Crippen LogP contribution in [0.1, 0.15) is 18.9 Å². The van der Waals surface area contributed by atoms with Crippen molar-refractivity contribution < 1.29 is 13.2 Å². The van der Waals surface area contributed by atoms with Crippen molar-refractivity contribution in [3.8, 4) is 11.8 Å². The molecular weight excluding hydrogens is 288 g/mol. The van der Waals surface area contributed by atoms with Crippen LogP contribution in [0.15, 0.2) is 29.2 Å². The van der Waals surface area contributed by atoms with Crippen LogP contribution in [0, 0.1) is 17.8 Å². The summed E-state index contributed by atoms with van der Waals surface area (Å²) < 4.78 is 32.5. The molecule has 1 aliphatic rings. The molecule has 0 bridgehead atoms. The molecule has 0 radical (unpaired) electrons. The third-order valence-corrected chi connectivity index (χ3v) is 5.01. The first-order valence-electron chi connectivity index (χ1n) is 6.93. The lowest BCUT2D eigenvalue weighted by Gasteiger charge is -2.14. The highest BCUT2D eigenvalue weighted by Crippen LogP contribution is 2.20. The summed E-state index contributed by atoms with van der Waals surface area (Å²) in [7, 11) is -3.49. The molecule has 0 aromatic heterocycles. The first-order valence-corrected chi connectivity index (χ1v) is 8.41. The Bertz CT molecular complexity index is 629. The van der Waals surface area contributed by atoms with Gasteiger partial charge < -0.3 is 10.5 Å². The van der Waals surface area contributed by atoms with Crippen molar-refractivity contribution in [2.75, 3.05) is 19.7 Å². The van der Waals surface area contributed by atoms with E-state index in [2.05, 4.69) is 16.6 Å². The number of rotatable bonds is 4. The second-order valence-electron chi connectivity index (χ2n) is 5.01. The molecule has 21 heavy (non-hydrogen) atoms. The van der Waals surface area contributed by atoms with Crippen LogP contribution in [-0.4, -0.2) is 34.2 Å². The van der Waals surface area contributed by atoms with E-state index >= 15 is 0 Å². The molecule has 6 heteroatoms. The van der Waals surface area contributed by atoms with Gasteiger partial charge in [0.25, 0.3) is 0 Å². The maximum absolute atomic E-state index is 12.2. The molecule has 1 aromatic carbocycles. The third kappa shape index (κ3) is 4.29. The molecule has 1 saturated heterocycles. The van der Waals surface area contributed by atoms with E-state index in [0.717, 1.165) is 12.0 Å². The van der Waals surface area contributed by atoms with Crippen LogP contribution in [0.5, 0.6) is 0 Å². The summed E-state index contributed by atoms with van der Waals surface area (Å²) in [5.41, 5.74) is 6.04. The highest BCUT2D eigenvalue weighted by Gasteiger charge is 2.26. The average molecular weight is 308 g/mol. The number of hydrogen-bond donors (Lipinski definition) is 2. The topological polar surface area (TPSA) is 81.4 Å². The summed E-state index contributed by atoms with van der Waals surface area (Å²) >= 11 is 0. The zero-order valence-corrected chi connectivity index (χ0v) is 12.8. The number of benzene rings is 1. The van der Waals surface area contributed by atoms with Crippen molar-refractivity contribution in [2.24, 2.45) is 11.7 Å². The standard InChI is InChI=1S/C15H20N2O3S/c1-12-14(8-10-20-12)11-17-21(18,19)15-6-4-13(5-7-15)3-2-9-16/h4-7,12,14,17H,8-11,16H2,1H3. The Kier molecular flexibility index (Phi) is 5.37. The zero-order chi connectivity index (χ0) is 15.3. The quantitative estimate of drug-likeness (QED) is 0.802. The van der Waals surface area contributed by atoms with Crippen molar-refractivity contribution in [3.63, 3.8) is 0 Å². The van der Waals surface area contributed by atoms with E-state index in [1.165, 1.54) is 0 Å². The van der Waals surface area contributed by atoms with Crippen molar-refractivity contribution in [1.29, 1.82) is 0 Å². The Morgan fingerprint density at radius 3 is 2.67 bits per heavy atom. The maximum Gasteiger partial charge on any atom is 0.240 e. The molecule has 2 unspecified atom stereocenters. The Hall–Kier alpha value is -1.39. The molecule has 5 nitrogen and oxygen atoms in total. The largest absolute Gasteiger partial charge is 0.378 e. The highest BCUT2D eigenvalue weighted by molar-refractivity contribution is 7.89. The second kappa shape index (κ2) is 7.05. The SMILES string of the molecule is CC1OCCC1CNS(=O)(=O)c1ccc(C#CCN)cc1. The van der Waals surface area contributed by atoms with Crippen molar-refractivity contribution in [3.05, 3.63) is 29.8 Å². The first kappa shape index (κ1) is 16.0. The molecule has 1 fully saturated rings. The summed E-state index contributed by atoms with van der Waals surface area (Å²) in [4.78, 5) is 0.243. The summed E-state index contributed by atoms with van der Waals surface area (Å²) in [6.07, 6.45) is 0.985. The Labute approximate surface area is 125 Å². The van der Waals surface area contributed by atoms with Crippen LogP contribution in [0.25, 0.3) is 0 Å². The normalized spacial score (nSPS) is 21.8. The molecule has 1 aromatic rings. The second-order valence-corrected chi connectivity index (χ2v) is 6.77. The smallest absolute Gasteiger partial charge is 0.240 e. The number of sulfonamides is 1. The van der Waals surface area contributed by atoms with E-state index in [1.807, 2.05) is 6.92 Å². The molecule has 1 aliphatic heterocycles. The predicted molar refractivity (Wildman–Crippen MR) is 81.1 cm³/mol. The molecule has 2 rings (SSSR count). The highest BCUT2D eigenvalue weighted by atomic mass is 32.2. The van der Waals surface area contributed by atoms with Crippen LogP contribution in [0.4, 0.5) is 0 Å². The third-order valence-electron chi connectivity index (χ3n) is 3.57. The Morgan fingerprint density at radius 2 is 2.10 bits per heavy atom. The van der Waals surface area contributed by atoms with Gasteiger partial charge in [-0.1, -0.05) is 11.8 Å². The van der Waals surface area contributed by atoms with E-state index in [-0.39, 0.29) is 23.5 Å². The van der Waals surface area contributed by atoms with Gasteiger partial charge in [0.05, 0.1) is 17.5 Å². The molecule has 2 atom stereocenters. The Balaban J connectivity index is 2.01. The zero-order valence-electron chi connectivity index (χ0n) is 12.0. The van der Waals surface area contributed by atoms with Gasteiger partial charge >= 0.3 is 0 Å². The van der Waals surface area contributed by atoms with Crippen LogP contribution < -0.4 is 10.5 Å². The maximum atomic E-state index is 12.2. The fourth-order valence-electron chi connectivity index (χ4n) is 2.21. The molecule has 0 aliphatic carbocycles. The minimum Gasteiger partial charge on any atom is -0.378 e. The van der Waals surface area contributed by atoms with E-state index < -0.39 is 10.0 Å². The number of nitrogens with two attached hydrogens (primary N) is 1. The van der Waals surface area contributed by atoms with Crippen LogP contribution in [-0.2, 0) is 14.8 Å². The van der Waals surface area contributed by atoms with Crippen LogP contribution in [0.2, 0.25) is 0 Å². The minimum atomic E-state index is -3.49. The molecule has 3 N–H and O–H groups in total. The molecule has 0 saturated carbocycles. The van der Waals surface area contributed by atoms with Gasteiger partial charge in [0.15, 0.2) is 0 Å². The lowest BCUT2D eigenvalue weighted by Crippen LogP contribution is -2.32. The average Bonchev–Trinajstić information content (AvgIpc) is 2.89. The minimum absolute atomic E-state index is 0.0987. The van der Waals surface area contributed by atoms with Gasteiger partial charge in [0.2, 0.25) is 10.0 Å². The summed E-state index contributed by atoms with van der Waals surface area (Å²) in [5.74, 6) is 5.82. The van der Waals surface area contributed by atoms with Gasteiger partial charge in [-0.2, -0.15) is 0 Å². The van der Waals surface area contributed by atoms with Gasteiger partial charge in [-0.05, 0) is 37.6 Å².